The molecule has 0 radical (unpaired) electrons. The topological polar surface area (TPSA) is 99.4 Å². The molecule has 0 fully saturated rings. The second kappa shape index (κ2) is 9.04. The Morgan fingerprint density at radius 3 is 2.42 bits per heavy atom. The molecule has 6 nitrogen and oxygen atoms in total. The van der Waals surface area contributed by atoms with Gasteiger partial charge in [0.25, 0.3) is 5.91 Å². The molecule has 0 aliphatic rings. The van der Waals surface area contributed by atoms with E-state index in [1.807, 2.05) is 43.3 Å². The lowest BCUT2D eigenvalue weighted by Crippen LogP contribution is -2.27. The van der Waals surface area contributed by atoms with Gasteiger partial charge in [-0.15, -0.1) is 0 Å². The molecule has 1 atom stereocenters. The lowest BCUT2D eigenvalue weighted by molar-refractivity contribution is -0.139. The minimum Gasteiger partial charge on any atom is -0.482 e. The summed E-state index contributed by atoms with van der Waals surface area (Å²) in [5.74, 6) is -1.13. The van der Waals surface area contributed by atoms with Crippen LogP contribution in [0.2, 0.25) is 0 Å². The summed E-state index contributed by atoms with van der Waals surface area (Å²) in [4.78, 5) is 22.8. The largest absolute Gasteiger partial charge is 0.482 e. The second-order valence-corrected chi connectivity index (χ2v) is 5.53. The number of aliphatic carboxylic acids is 1. The van der Waals surface area contributed by atoms with E-state index < -0.39 is 18.5 Å². The third-order valence-electron chi connectivity index (χ3n) is 3.57. The third-order valence-corrected chi connectivity index (χ3v) is 3.57. The summed E-state index contributed by atoms with van der Waals surface area (Å²) in [6, 6.07) is 17.6. The number of carboxylic acids is 1. The Labute approximate surface area is 151 Å². The van der Waals surface area contributed by atoms with Crippen molar-refractivity contribution in [1.82, 2.24) is 5.32 Å². The number of benzene rings is 2. The first-order valence-electron chi connectivity index (χ1n) is 7.92. The SMILES string of the molecule is C[C@H](NC(=O)/C(C#N)=C/c1ccc(OCC(=O)O)cc1)c1ccccc1. The number of carbonyl (C=O) groups is 2. The molecule has 0 spiro atoms. The lowest BCUT2D eigenvalue weighted by Gasteiger charge is -2.13. The number of hydrogen-bond donors (Lipinski definition) is 2. The van der Waals surface area contributed by atoms with Gasteiger partial charge in [-0.1, -0.05) is 42.5 Å². The summed E-state index contributed by atoms with van der Waals surface area (Å²) in [7, 11) is 0. The van der Waals surface area contributed by atoms with Gasteiger partial charge in [0.1, 0.15) is 17.4 Å². The zero-order chi connectivity index (χ0) is 18.9. The minimum atomic E-state index is -1.06. The molecule has 0 aliphatic carbocycles. The first kappa shape index (κ1) is 18.7. The Bertz CT molecular complexity index is 836. The summed E-state index contributed by atoms with van der Waals surface area (Å²) < 4.78 is 5.04. The molecule has 26 heavy (non-hydrogen) atoms. The monoisotopic (exact) mass is 350 g/mol. The Hall–Kier alpha value is -3.59. The number of carbonyl (C=O) groups excluding carboxylic acids is 1. The standard InChI is InChI=1S/C20H18N2O4/c1-14(16-5-3-2-4-6-16)22-20(25)17(12-21)11-15-7-9-18(10-8-15)26-13-19(23)24/h2-11,14H,13H2,1H3,(H,22,25)(H,23,24)/b17-11+/t14-/m0/s1. The summed E-state index contributed by atoms with van der Waals surface area (Å²) in [6.45, 7) is 1.41. The van der Waals surface area contributed by atoms with Gasteiger partial charge < -0.3 is 15.2 Å². The predicted molar refractivity (Wildman–Crippen MR) is 96.2 cm³/mol. The van der Waals surface area contributed by atoms with E-state index >= 15 is 0 Å². The fourth-order valence-electron chi connectivity index (χ4n) is 2.22. The zero-order valence-corrected chi connectivity index (χ0v) is 14.2. The maximum absolute atomic E-state index is 12.3. The van der Waals surface area contributed by atoms with E-state index in [0.29, 0.717) is 11.3 Å². The molecule has 1 amide bonds. The van der Waals surface area contributed by atoms with Gasteiger partial charge in [-0.05, 0) is 36.3 Å². The van der Waals surface area contributed by atoms with Gasteiger partial charge in [-0.2, -0.15) is 5.26 Å². The summed E-state index contributed by atoms with van der Waals surface area (Å²) in [5, 5.41) is 20.6. The van der Waals surface area contributed by atoms with Gasteiger partial charge in [0, 0.05) is 0 Å². The van der Waals surface area contributed by atoms with Crippen molar-refractivity contribution in [2.24, 2.45) is 0 Å². The number of rotatable bonds is 7. The predicted octanol–water partition coefficient (Wildman–Crippen LogP) is 2.93. The van der Waals surface area contributed by atoms with Crippen LogP contribution >= 0.6 is 0 Å². The second-order valence-electron chi connectivity index (χ2n) is 5.53. The van der Waals surface area contributed by atoms with Gasteiger partial charge >= 0.3 is 5.97 Å². The minimum absolute atomic E-state index is 0.0213. The van der Waals surface area contributed by atoms with Crippen molar-refractivity contribution in [3.8, 4) is 11.8 Å². The highest BCUT2D eigenvalue weighted by Crippen LogP contribution is 2.16. The highest BCUT2D eigenvalue weighted by Gasteiger charge is 2.13. The summed E-state index contributed by atoms with van der Waals surface area (Å²) in [6.07, 6.45) is 1.47. The van der Waals surface area contributed by atoms with Crippen molar-refractivity contribution in [2.45, 2.75) is 13.0 Å². The molecule has 2 rings (SSSR count). The summed E-state index contributed by atoms with van der Waals surface area (Å²) in [5.41, 5.74) is 1.55. The van der Waals surface area contributed by atoms with E-state index in [-0.39, 0.29) is 11.6 Å². The summed E-state index contributed by atoms with van der Waals surface area (Å²) >= 11 is 0. The number of nitrogens with one attached hydrogen (secondary N) is 1. The average molecular weight is 350 g/mol. The number of nitriles is 1. The van der Waals surface area contributed by atoms with Gasteiger partial charge in [0.05, 0.1) is 6.04 Å². The Morgan fingerprint density at radius 2 is 1.85 bits per heavy atom. The highest BCUT2D eigenvalue weighted by atomic mass is 16.5. The van der Waals surface area contributed by atoms with Crippen LogP contribution in [0, 0.1) is 11.3 Å². The van der Waals surface area contributed by atoms with Gasteiger partial charge in [0.15, 0.2) is 6.61 Å². The molecule has 0 heterocycles. The van der Waals surface area contributed by atoms with Crippen molar-refractivity contribution in [1.29, 1.82) is 5.26 Å². The molecule has 132 valence electrons. The Balaban J connectivity index is 2.05. The van der Waals surface area contributed by atoms with Crippen LogP contribution < -0.4 is 10.1 Å². The van der Waals surface area contributed by atoms with Crippen LogP contribution in [0.4, 0.5) is 0 Å². The quantitative estimate of drug-likeness (QED) is 0.591. The van der Waals surface area contributed by atoms with E-state index in [9.17, 15) is 14.9 Å². The van der Waals surface area contributed by atoms with Gasteiger partial charge in [-0.3, -0.25) is 4.79 Å². The van der Waals surface area contributed by atoms with Crippen LogP contribution in [0.15, 0.2) is 60.2 Å². The maximum atomic E-state index is 12.3. The van der Waals surface area contributed by atoms with Crippen LogP contribution in [0.5, 0.6) is 5.75 Å². The van der Waals surface area contributed by atoms with E-state index in [4.69, 9.17) is 9.84 Å². The van der Waals surface area contributed by atoms with Gasteiger partial charge in [-0.25, -0.2) is 4.79 Å². The maximum Gasteiger partial charge on any atom is 0.341 e. The van der Waals surface area contributed by atoms with E-state index in [0.717, 1.165) is 5.56 Å². The van der Waals surface area contributed by atoms with Crippen molar-refractivity contribution >= 4 is 18.0 Å². The number of nitrogens with zero attached hydrogens (tertiary/aromatic N) is 1. The average Bonchev–Trinajstić information content (AvgIpc) is 2.65. The molecule has 2 N–H and O–H groups in total. The number of carboxylic acid groups (broad SMARTS) is 1. The van der Waals surface area contributed by atoms with Gasteiger partial charge in [0.2, 0.25) is 0 Å². The van der Waals surface area contributed by atoms with E-state index in [1.54, 1.807) is 24.3 Å². The Morgan fingerprint density at radius 1 is 1.19 bits per heavy atom. The number of amides is 1. The molecule has 0 bridgehead atoms. The molecule has 0 saturated carbocycles. The molecule has 6 heteroatoms. The van der Waals surface area contributed by atoms with Crippen molar-refractivity contribution < 1.29 is 19.4 Å². The zero-order valence-electron chi connectivity index (χ0n) is 14.2. The van der Waals surface area contributed by atoms with Crippen LogP contribution in [0.3, 0.4) is 0 Å². The van der Waals surface area contributed by atoms with Crippen LogP contribution in [0.25, 0.3) is 6.08 Å². The third kappa shape index (κ3) is 5.49. The van der Waals surface area contributed by atoms with Crippen LogP contribution in [-0.2, 0) is 9.59 Å². The molecular formula is C20H18N2O4. The molecular weight excluding hydrogens is 332 g/mol. The molecule has 2 aromatic carbocycles. The number of ether oxygens (including phenoxy) is 1. The first-order valence-corrected chi connectivity index (χ1v) is 7.92. The highest BCUT2D eigenvalue weighted by molar-refractivity contribution is 6.01. The molecule has 0 aliphatic heterocycles. The molecule has 2 aromatic rings. The Kier molecular flexibility index (Phi) is 6.52. The number of hydrogen-bond acceptors (Lipinski definition) is 4. The van der Waals surface area contributed by atoms with E-state index in [1.165, 1.54) is 6.08 Å². The van der Waals surface area contributed by atoms with Crippen molar-refractivity contribution in [3.05, 3.63) is 71.3 Å². The first-order chi connectivity index (χ1) is 12.5. The van der Waals surface area contributed by atoms with Crippen molar-refractivity contribution in [2.75, 3.05) is 6.61 Å². The lowest BCUT2D eigenvalue weighted by atomic mass is 10.1. The van der Waals surface area contributed by atoms with E-state index in [2.05, 4.69) is 5.32 Å². The fraction of sp³-hybridized carbons (Fsp3) is 0.150. The van der Waals surface area contributed by atoms with Crippen LogP contribution in [0.1, 0.15) is 24.1 Å². The molecule has 0 unspecified atom stereocenters. The molecule has 0 saturated heterocycles. The van der Waals surface area contributed by atoms with Crippen molar-refractivity contribution in [3.63, 3.8) is 0 Å². The van der Waals surface area contributed by atoms with Crippen LogP contribution in [-0.4, -0.2) is 23.6 Å². The normalized spacial score (nSPS) is 11.9. The smallest absolute Gasteiger partial charge is 0.341 e. The molecule has 0 aromatic heterocycles. The fourth-order valence-corrected chi connectivity index (χ4v) is 2.22.